The first-order valence-corrected chi connectivity index (χ1v) is 6.61. The Bertz CT molecular complexity index is 175. The summed E-state index contributed by atoms with van der Waals surface area (Å²) in [5, 5.41) is 3.61. The van der Waals surface area contributed by atoms with Crippen LogP contribution in [0.15, 0.2) is 0 Å². The van der Waals surface area contributed by atoms with Crippen LogP contribution in [0, 0.1) is 5.92 Å². The molecule has 0 aromatic heterocycles. The zero-order valence-corrected chi connectivity index (χ0v) is 11.3. The molecule has 1 aliphatic heterocycles. The standard InChI is InChI=1S/C13H28N2O/c1-11(2)10-16-7-5-6-14-13-8-12(3)15(4)9-13/h11-14H,5-10H2,1-4H3. The second-order valence-corrected chi connectivity index (χ2v) is 5.50. The summed E-state index contributed by atoms with van der Waals surface area (Å²) >= 11 is 0. The highest BCUT2D eigenvalue weighted by atomic mass is 16.5. The highest BCUT2D eigenvalue weighted by molar-refractivity contribution is 4.84. The number of rotatable bonds is 7. The van der Waals surface area contributed by atoms with Gasteiger partial charge in [-0.2, -0.15) is 0 Å². The van der Waals surface area contributed by atoms with E-state index in [2.05, 4.69) is 38.0 Å². The lowest BCUT2D eigenvalue weighted by Crippen LogP contribution is -2.32. The van der Waals surface area contributed by atoms with Crippen LogP contribution in [0.3, 0.4) is 0 Å². The van der Waals surface area contributed by atoms with Gasteiger partial charge in [-0.25, -0.2) is 0 Å². The Labute approximate surface area is 101 Å². The smallest absolute Gasteiger partial charge is 0.0489 e. The number of likely N-dealkylation sites (tertiary alicyclic amines) is 1. The molecular weight excluding hydrogens is 200 g/mol. The Hall–Kier alpha value is -0.120. The Morgan fingerprint density at radius 1 is 1.44 bits per heavy atom. The van der Waals surface area contributed by atoms with E-state index in [0.29, 0.717) is 12.0 Å². The van der Waals surface area contributed by atoms with Gasteiger partial charge in [0.1, 0.15) is 0 Å². The average molecular weight is 228 g/mol. The van der Waals surface area contributed by atoms with Gasteiger partial charge < -0.3 is 15.0 Å². The van der Waals surface area contributed by atoms with Crippen molar-refractivity contribution in [3.05, 3.63) is 0 Å². The van der Waals surface area contributed by atoms with Gasteiger partial charge in [0, 0.05) is 31.8 Å². The van der Waals surface area contributed by atoms with Crippen LogP contribution in [-0.4, -0.2) is 50.3 Å². The predicted octanol–water partition coefficient (Wildman–Crippen LogP) is 1.73. The first-order chi connectivity index (χ1) is 7.59. The van der Waals surface area contributed by atoms with Crippen LogP contribution >= 0.6 is 0 Å². The van der Waals surface area contributed by atoms with Gasteiger partial charge in [-0.1, -0.05) is 13.8 Å². The Morgan fingerprint density at radius 2 is 2.19 bits per heavy atom. The summed E-state index contributed by atoms with van der Waals surface area (Å²) < 4.78 is 5.55. The molecule has 0 radical (unpaired) electrons. The van der Waals surface area contributed by atoms with Crippen molar-refractivity contribution in [1.29, 1.82) is 0 Å². The molecule has 0 aromatic carbocycles. The minimum atomic E-state index is 0.650. The van der Waals surface area contributed by atoms with E-state index in [-0.39, 0.29) is 0 Å². The third kappa shape index (κ3) is 5.28. The van der Waals surface area contributed by atoms with Gasteiger partial charge in [-0.15, -0.1) is 0 Å². The number of nitrogens with one attached hydrogen (secondary N) is 1. The van der Waals surface area contributed by atoms with Crippen LogP contribution in [0.25, 0.3) is 0 Å². The summed E-state index contributed by atoms with van der Waals surface area (Å²) in [5.74, 6) is 0.650. The minimum Gasteiger partial charge on any atom is -0.381 e. The SMILES string of the molecule is CC(C)COCCCNC1CC(C)N(C)C1. The van der Waals surface area contributed by atoms with E-state index in [0.717, 1.165) is 32.2 Å². The summed E-state index contributed by atoms with van der Waals surface area (Å²) in [6.45, 7) is 10.7. The monoisotopic (exact) mass is 228 g/mol. The highest BCUT2D eigenvalue weighted by Crippen LogP contribution is 2.14. The Kier molecular flexibility index (Phi) is 6.32. The van der Waals surface area contributed by atoms with Crippen molar-refractivity contribution < 1.29 is 4.74 Å². The molecule has 0 aromatic rings. The fourth-order valence-electron chi connectivity index (χ4n) is 2.14. The van der Waals surface area contributed by atoms with Crippen molar-refractivity contribution in [3.63, 3.8) is 0 Å². The fourth-order valence-corrected chi connectivity index (χ4v) is 2.14. The summed E-state index contributed by atoms with van der Waals surface area (Å²) in [4.78, 5) is 2.42. The number of hydrogen-bond donors (Lipinski definition) is 1. The van der Waals surface area contributed by atoms with E-state index in [9.17, 15) is 0 Å². The minimum absolute atomic E-state index is 0.650. The predicted molar refractivity (Wildman–Crippen MR) is 68.8 cm³/mol. The van der Waals surface area contributed by atoms with Crippen molar-refractivity contribution in [1.82, 2.24) is 10.2 Å². The molecule has 1 heterocycles. The van der Waals surface area contributed by atoms with Gasteiger partial charge in [0.2, 0.25) is 0 Å². The molecular formula is C13H28N2O. The van der Waals surface area contributed by atoms with Crippen molar-refractivity contribution >= 4 is 0 Å². The lowest BCUT2D eigenvalue weighted by Gasteiger charge is -2.13. The van der Waals surface area contributed by atoms with Crippen molar-refractivity contribution in [2.24, 2.45) is 5.92 Å². The Balaban J connectivity index is 1.92. The van der Waals surface area contributed by atoms with Gasteiger partial charge in [0.05, 0.1) is 0 Å². The first kappa shape index (κ1) is 13.9. The maximum Gasteiger partial charge on any atom is 0.0489 e. The maximum absolute atomic E-state index is 5.55. The van der Waals surface area contributed by atoms with E-state index >= 15 is 0 Å². The second-order valence-electron chi connectivity index (χ2n) is 5.50. The molecule has 16 heavy (non-hydrogen) atoms. The van der Waals surface area contributed by atoms with E-state index < -0.39 is 0 Å². The van der Waals surface area contributed by atoms with E-state index in [1.807, 2.05) is 0 Å². The molecule has 1 rings (SSSR count). The van der Waals surface area contributed by atoms with E-state index in [1.54, 1.807) is 0 Å². The van der Waals surface area contributed by atoms with Crippen LogP contribution < -0.4 is 5.32 Å². The van der Waals surface area contributed by atoms with Crippen molar-refractivity contribution in [2.45, 2.75) is 45.7 Å². The first-order valence-electron chi connectivity index (χ1n) is 6.61. The van der Waals surface area contributed by atoms with Gasteiger partial charge in [-0.3, -0.25) is 0 Å². The summed E-state index contributed by atoms with van der Waals surface area (Å²) in [6, 6.07) is 1.42. The molecule has 0 amide bonds. The molecule has 96 valence electrons. The lowest BCUT2D eigenvalue weighted by atomic mass is 10.2. The second kappa shape index (κ2) is 7.25. The van der Waals surface area contributed by atoms with E-state index in [1.165, 1.54) is 13.0 Å². The largest absolute Gasteiger partial charge is 0.381 e. The van der Waals surface area contributed by atoms with Crippen LogP contribution in [0.1, 0.15) is 33.6 Å². The number of nitrogens with zero attached hydrogens (tertiary/aromatic N) is 1. The molecule has 3 nitrogen and oxygen atoms in total. The lowest BCUT2D eigenvalue weighted by molar-refractivity contribution is 0.107. The normalized spacial score (nSPS) is 26.8. The van der Waals surface area contributed by atoms with Crippen molar-refractivity contribution in [2.75, 3.05) is 33.4 Å². The molecule has 0 aliphatic carbocycles. The molecule has 3 heteroatoms. The van der Waals surface area contributed by atoms with Crippen LogP contribution in [-0.2, 0) is 4.74 Å². The zero-order valence-electron chi connectivity index (χ0n) is 11.3. The summed E-state index contributed by atoms with van der Waals surface area (Å²) in [5.41, 5.74) is 0. The van der Waals surface area contributed by atoms with Crippen LogP contribution in [0.5, 0.6) is 0 Å². The number of hydrogen-bond acceptors (Lipinski definition) is 3. The van der Waals surface area contributed by atoms with Crippen LogP contribution in [0.4, 0.5) is 0 Å². The molecule has 1 N–H and O–H groups in total. The zero-order chi connectivity index (χ0) is 12.0. The highest BCUT2D eigenvalue weighted by Gasteiger charge is 2.24. The Morgan fingerprint density at radius 3 is 2.75 bits per heavy atom. The summed E-state index contributed by atoms with van der Waals surface area (Å²) in [7, 11) is 2.21. The van der Waals surface area contributed by atoms with Gasteiger partial charge in [-0.05, 0) is 39.3 Å². The number of ether oxygens (including phenoxy) is 1. The topological polar surface area (TPSA) is 24.5 Å². The quantitative estimate of drug-likeness (QED) is 0.672. The number of likely N-dealkylation sites (N-methyl/N-ethyl adjacent to an activating group) is 1. The van der Waals surface area contributed by atoms with Crippen LogP contribution in [0.2, 0.25) is 0 Å². The van der Waals surface area contributed by atoms with Crippen molar-refractivity contribution in [3.8, 4) is 0 Å². The third-order valence-corrected chi connectivity index (χ3v) is 3.24. The molecule has 0 bridgehead atoms. The molecule has 1 aliphatic rings. The average Bonchev–Trinajstić information content (AvgIpc) is 2.52. The molecule has 2 atom stereocenters. The maximum atomic E-state index is 5.55. The fraction of sp³-hybridized carbons (Fsp3) is 1.00. The third-order valence-electron chi connectivity index (χ3n) is 3.24. The molecule has 1 saturated heterocycles. The molecule has 1 fully saturated rings. The molecule has 0 spiro atoms. The molecule has 0 saturated carbocycles. The van der Waals surface area contributed by atoms with E-state index in [4.69, 9.17) is 4.74 Å². The summed E-state index contributed by atoms with van der Waals surface area (Å²) in [6.07, 6.45) is 2.41. The van der Waals surface area contributed by atoms with Gasteiger partial charge >= 0.3 is 0 Å². The van der Waals surface area contributed by atoms with Gasteiger partial charge in [0.15, 0.2) is 0 Å². The van der Waals surface area contributed by atoms with Gasteiger partial charge in [0.25, 0.3) is 0 Å². The molecule has 2 unspecified atom stereocenters.